The second kappa shape index (κ2) is 12.1. The minimum Gasteiger partial charge on any atom is -0.508 e. The molecule has 0 bridgehead atoms. The third-order valence-corrected chi connectivity index (χ3v) is 9.76. The van der Waals surface area contributed by atoms with Gasteiger partial charge in [0.05, 0.1) is 11.6 Å². The summed E-state index contributed by atoms with van der Waals surface area (Å²) in [5, 5.41) is 12.7. The van der Waals surface area contributed by atoms with Crippen molar-refractivity contribution in [2.24, 2.45) is 5.41 Å². The number of aromatic nitrogens is 2. The summed E-state index contributed by atoms with van der Waals surface area (Å²) in [6, 6.07) is 12.5. The van der Waals surface area contributed by atoms with E-state index in [1.807, 2.05) is 24.3 Å². The molecule has 234 valence electrons. The maximum atomic E-state index is 16.9. The first-order valence-electron chi connectivity index (χ1n) is 15.8. The second-order valence-corrected chi connectivity index (χ2v) is 13.0. The number of phenolic OH excluding ortho intramolecular Hbond substituents is 1. The number of ether oxygens (including phenoxy) is 1. The van der Waals surface area contributed by atoms with Crippen molar-refractivity contribution in [3.8, 4) is 22.9 Å². The Bertz CT molecular complexity index is 1790. The normalized spacial score (nSPS) is 18.4. The van der Waals surface area contributed by atoms with Crippen LogP contribution in [0, 0.1) is 11.2 Å². The number of anilines is 1. The fourth-order valence-corrected chi connectivity index (χ4v) is 7.14. The average Bonchev–Trinajstić information content (AvgIpc) is 3.70. The number of likely N-dealkylation sites (tertiary alicyclic amines) is 1. The molecule has 0 radical (unpaired) electrons. The monoisotopic (exact) mass is 629 g/mol. The molecule has 3 fully saturated rings. The number of halogens is 2. The smallest absolute Gasteiger partial charge is 0.319 e. The topological polar surface area (TPSA) is 82.0 Å². The van der Waals surface area contributed by atoms with Crippen LogP contribution in [0.4, 0.5) is 10.2 Å². The van der Waals surface area contributed by atoms with Crippen LogP contribution in [-0.2, 0) is 4.79 Å². The van der Waals surface area contributed by atoms with Crippen LogP contribution in [0.25, 0.3) is 32.8 Å². The lowest BCUT2D eigenvalue weighted by molar-refractivity contribution is -0.125. The van der Waals surface area contributed by atoms with Gasteiger partial charge in [-0.3, -0.25) is 4.79 Å². The molecule has 7 rings (SSSR count). The molecule has 0 spiro atoms. The van der Waals surface area contributed by atoms with Crippen molar-refractivity contribution < 1.29 is 19.0 Å². The molecule has 3 aliphatic rings. The fraction of sp³-hybridized carbons (Fsp3) is 0.400. The maximum absolute atomic E-state index is 16.9. The van der Waals surface area contributed by atoms with Gasteiger partial charge in [-0.1, -0.05) is 42.4 Å². The van der Waals surface area contributed by atoms with Gasteiger partial charge in [0.15, 0.2) is 5.82 Å². The zero-order valence-electron chi connectivity index (χ0n) is 25.3. The van der Waals surface area contributed by atoms with Gasteiger partial charge in [-0.2, -0.15) is 9.97 Å². The molecule has 4 aromatic rings. The molecule has 2 saturated heterocycles. The molecule has 2 aliphatic heterocycles. The third-order valence-electron chi connectivity index (χ3n) is 9.46. The number of phenols is 1. The Morgan fingerprint density at radius 3 is 2.60 bits per heavy atom. The summed E-state index contributed by atoms with van der Waals surface area (Å²) in [6.07, 6.45) is 6.68. The van der Waals surface area contributed by atoms with Gasteiger partial charge in [-0.15, -0.1) is 0 Å². The van der Waals surface area contributed by atoms with E-state index in [1.54, 1.807) is 17.0 Å². The van der Waals surface area contributed by atoms with Crippen LogP contribution < -0.4 is 9.64 Å². The number of benzene rings is 3. The Balaban J connectivity index is 1.31. The SMILES string of the molecule is C=CC(=O)N1CCCN(c2nc(OCC3(CN4CCCC4)CC3)nc3c(F)c(-c4cc(O)cc5ccccc45)c(Cl)cc23)CC1. The summed E-state index contributed by atoms with van der Waals surface area (Å²) < 4.78 is 23.2. The van der Waals surface area contributed by atoms with Crippen LogP contribution in [0.2, 0.25) is 5.02 Å². The predicted octanol–water partition coefficient (Wildman–Crippen LogP) is 6.43. The molecule has 3 aromatic carbocycles. The molecule has 1 N–H and O–H groups in total. The summed E-state index contributed by atoms with van der Waals surface area (Å²) in [5.41, 5.74) is 0.822. The van der Waals surface area contributed by atoms with Crippen molar-refractivity contribution in [2.75, 3.05) is 57.3 Å². The highest BCUT2D eigenvalue weighted by molar-refractivity contribution is 6.35. The molecule has 1 aliphatic carbocycles. The number of carbonyl (C=O) groups excluding carboxylic acids is 1. The van der Waals surface area contributed by atoms with Crippen LogP contribution in [0.3, 0.4) is 0 Å². The number of fused-ring (bicyclic) bond motifs is 2. The van der Waals surface area contributed by atoms with Gasteiger partial charge in [0.2, 0.25) is 5.91 Å². The highest BCUT2D eigenvalue weighted by Gasteiger charge is 2.45. The predicted molar refractivity (Wildman–Crippen MR) is 176 cm³/mol. The van der Waals surface area contributed by atoms with Gasteiger partial charge in [0.1, 0.15) is 17.1 Å². The van der Waals surface area contributed by atoms with Gasteiger partial charge in [-0.05, 0) is 85.8 Å². The largest absolute Gasteiger partial charge is 0.508 e. The van der Waals surface area contributed by atoms with Crippen molar-refractivity contribution in [3.05, 3.63) is 66.0 Å². The van der Waals surface area contributed by atoms with Crippen molar-refractivity contribution >= 4 is 45.0 Å². The lowest BCUT2D eigenvalue weighted by atomic mass is 9.96. The van der Waals surface area contributed by atoms with Crippen molar-refractivity contribution in [2.45, 2.75) is 32.1 Å². The minimum atomic E-state index is -0.599. The Morgan fingerprint density at radius 1 is 1.02 bits per heavy atom. The lowest BCUT2D eigenvalue weighted by Crippen LogP contribution is -2.34. The van der Waals surface area contributed by atoms with Gasteiger partial charge in [0.25, 0.3) is 0 Å². The zero-order valence-corrected chi connectivity index (χ0v) is 26.0. The standard InChI is InChI=1S/C35H37ClFN5O3/c1-2-29(44)41-14-7-15-42(17-16-41)33-27-20-28(36)30(26-19-24(43)18-23-8-3-4-9-25(23)26)31(37)32(27)38-34(39-33)45-22-35(10-11-35)21-40-12-5-6-13-40/h2-4,8-9,18-20,43H,1,5-7,10-17,21-22H2. The molecule has 1 aromatic heterocycles. The van der Waals surface area contributed by atoms with Crippen LogP contribution in [0.1, 0.15) is 32.1 Å². The molecule has 0 atom stereocenters. The first kappa shape index (κ1) is 29.7. The van der Waals surface area contributed by atoms with E-state index < -0.39 is 5.82 Å². The van der Waals surface area contributed by atoms with Crippen LogP contribution in [0.5, 0.6) is 11.8 Å². The Morgan fingerprint density at radius 2 is 1.82 bits per heavy atom. The van der Waals surface area contributed by atoms with E-state index in [-0.39, 0.29) is 39.2 Å². The highest BCUT2D eigenvalue weighted by atomic mass is 35.5. The molecular formula is C35H37ClFN5O3. The molecule has 8 nitrogen and oxygen atoms in total. The molecule has 1 amide bonds. The lowest BCUT2D eigenvalue weighted by Gasteiger charge is -2.25. The van der Waals surface area contributed by atoms with Gasteiger partial charge in [0, 0.05) is 49.1 Å². The molecule has 1 saturated carbocycles. The number of carbonyl (C=O) groups is 1. The van der Waals surface area contributed by atoms with Crippen molar-refractivity contribution in [1.29, 1.82) is 0 Å². The molecular weight excluding hydrogens is 593 g/mol. The first-order valence-corrected chi connectivity index (χ1v) is 16.2. The Labute approximate surface area is 267 Å². The quantitative estimate of drug-likeness (QED) is 0.225. The van der Waals surface area contributed by atoms with E-state index in [0.717, 1.165) is 43.2 Å². The maximum Gasteiger partial charge on any atom is 0.319 e. The summed E-state index contributed by atoms with van der Waals surface area (Å²) >= 11 is 6.88. The Kier molecular flexibility index (Phi) is 8.00. The van der Waals surface area contributed by atoms with Crippen LogP contribution in [-0.4, -0.2) is 83.2 Å². The number of amides is 1. The second-order valence-electron chi connectivity index (χ2n) is 12.6. The van der Waals surface area contributed by atoms with E-state index >= 15 is 4.39 Å². The first-order chi connectivity index (χ1) is 21.8. The summed E-state index contributed by atoms with van der Waals surface area (Å²) in [6.45, 7) is 9.53. The number of aromatic hydroxyl groups is 1. The van der Waals surface area contributed by atoms with Crippen LogP contribution >= 0.6 is 11.6 Å². The fourth-order valence-electron chi connectivity index (χ4n) is 6.85. The molecule has 0 unspecified atom stereocenters. The van der Waals surface area contributed by atoms with Crippen LogP contribution in [0.15, 0.2) is 55.1 Å². The summed E-state index contributed by atoms with van der Waals surface area (Å²) in [7, 11) is 0. The molecule has 10 heteroatoms. The number of rotatable bonds is 8. The van der Waals surface area contributed by atoms with E-state index in [0.29, 0.717) is 56.0 Å². The zero-order chi connectivity index (χ0) is 31.1. The van der Waals surface area contributed by atoms with E-state index in [2.05, 4.69) is 21.4 Å². The summed E-state index contributed by atoms with van der Waals surface area (Å²) in [5.74, 6) is -0.167. The van der Waals surface area contributed by atoms with E-state index in [1.165, 1.54) is 25.0 Å². The van der Waals surface area contributed by atoms with E-state index in [4.69, 9.17) is 21.3 Å². The molecule has 3 heterocycles. The average molecular weight is 630 g/mol. The van der Waals surface area contributed by atoms with Crippen molar-refractivity contribution in [1.82, 2.24) is 19.8 Å². The van der Waals surface area contributed by atoms with Crippen molar-refractivity contribution in [3.63, 3.8) is 0 Å². The summed E-state index contributed by atoms with van der Waals surface area (Å²) in [4.78, 5) is 28.2. The van der Waals surface area contributed by atoms with E-state index in [9.17, 15) is 9.90 Å². The number of nitrogens with zero attached hydrogens (tertiary/aromatic N) is 5. The third kappa shape index (κ3) is 5.91. The number of hydrogen-bond donors (Lipinski definition) is 1. The van der Waals surface area contributed by atoms with Gasteiger partial charge < -0.3 is 24.5 Å². The number of hydrogen-bond acceptors (Lipinski definition) is 7. The minimum absolute atomic E-state index is 0.0163. The van der Waals surface area contributed by atoms with Gasteiger partial charge >= 0.3 is 6.01 Å². The highest BCUT2D eigenvalue weighted by Crippen LogP contribution is 2.47. The molecule has 45 heavy (non-hydrogen) atoms. The Hall–Kier alpha value is -3.95. The van der Waals surface area contributed by atoms with Gasteiger partial charge in [-0.25, -0.2) is 4.39 Å².